The lowest BCUT2D eigenvalue weighted by Crippen LogP contribution is -2.44. The molecule has 204 valence electrons. The number of aromatic nitrogens is 2. The van der Waals surface area contributed by atoms with Gasteiger partial charge in [-0.25, -0.2) is 0 Å². The van der Waals surface area contributed by atoms with Gasteiger partial charge in [0, 0.05) is 35.9 Å². The van der Waals surface area contributed by atoms with Crippen LogP contribution in [-0.2, 0) is 22.5 Å². The van der Waals surface area contributed by atoms with Gasteiger partial charge in [0.25, 0.3) is 5.89 Å². The van der Waals surface area contributed by atoms with Crippen LogP contribution in [0, 0.1) is 11.3 Å². The maximum absolute atomic E-state index is 12.1. The van der Waals surface area contributed by atoms with Crippen LogP contribution in [0.2, 0.25) is 5.02 Å². The third kappa shape index (κ3) is 7.01. The molecule has 4 rings (SSSR count). The maximum Gasteiger partial charge on any atom is 0.309 e. The summed E-state index contributed by atoms with van der Waals surface area (Å²) in [5.74, 6) is 0.829. The Hall–Kier alpha value is -2.74. The summed E-state index contributed by atoms with van der Waals surface area (Å²) in [5.41, 5.74) is 3.34. The van der Waals surface area contributed by atoms with Crippen LogP contribution in [0.15, 0.2) is 47.0 Å². The highest BCUT2D eigenvalue weighted by atomic mass is 35.5. The van der Waals surface area contributed by atoms with E-state index < -0.39 is 11.4 Å². The van der Waals surface area contributed by atoms with Crippen molar-refractivity contribution in [2.75, 3.05) is 26.3 Å². The number of aliphatic carboxylic acids is 1. The molecular weight excluding hydrogens is 502 g/mol. The first-order valence-electron chi connectivity index (χ1n) is 13.5. The van der Waals surface area contributed by atoms with Crippen LogP contribution >= 0.6 is 11.6 Å². The molecule has 2 aromatic carbocycles. The largest absolute Gasteiger partial charge is 0.481 e. The zero-order chi connectivity index (χ0) is 27.1. The third-order valence-corrected chi connectivity index (χ3v) is 7.74. The van der Waals surface area contributed by atoms with Crippen LogP contribution in [0.1, 0.15) is 57.6 Å². The van der Waals surface area contributed by atoms with Crippen LogP contribution in [0.5, 0.6) is 0 Å². The van der Waals surface area contributed by atoms with Crippen LogP contribution in [-0.4, -0.2) is 52.4 Å². The molecule has 0 unspecified atom stereocenters. The highest BCUT2D eigenvalue weighted by Gasteiger charge is 2.40. The molecule has 7 nitrogen and oxygen atoms in total. The summed E-state index contributed by atoms with van der Waals surface area (Å²) in [5, 5.41) is 14.8. The smallest absolute Gasteiger partial charge is 0.309 e. The van der Waals surface area contributed by atoms with Gasteiger partial charge in [0.15, 0.2) is 0 Å². The van der Waals surface area contributed by atoms with Crippen molar-refractivity contribution in [3.63, 3.8) is 0 Å². The Labute approximate surface area is 230 Å². The van der Waals surface area contributed by atoms with E-state index in [1.165, 1.54) is 5.56 Å². The Morgan fingerprint density at radius 3 is 2.50 bits per heavy atom. The highest BCUT2D eigenvalue weighted by molar-refractivity contribution is 6.31. The number of hydrogen-bond donors (Lipinski definition) is 1. The van der Waals surface area contributed by atoms with Gasteiger partial charge >= 0.3 is 5.97 Å². The minimum absolute atomic E-state index is 0.443. The Balaban J connectivity index is 1.34. The van der Waals surface area contributed by atoms with E-state index in [0.717, 1.165) is 49.2 Å². The summed E-state index contributed by atoms with van der Waals surface area (Å²) in [7, 11) is 0. The van der Waals surface area contributed by atoms with Gasteiger partial charge in [0.2, 0.25) is 5.82 Å². The molecule has 0 spiro atoms. The second kappa shape index (κ2) is 12.9. The van der Waals surface area contributed by atoms with E-state index in [9.17, 15) is 9.90 Å². The fraction of sp³-hybridized carbons (Fsp3) is 0.500. The molecule has 0 saturated carbocycles. The molecule has 1 aliphatic heterocycles. The molecule has 0 amide bonds. The number of hydrogen-bond acceptors (Lipinski definition) is 6. The Morgan fingerprint density at radius 2 is 1.87 bits per heavy atom. The molecule has 0 radical (unpaired) electrons. The average Bonchev–Trinajstić information content (AvgIpc) is 3.39. The molecule has 1 aliphatic rings. The fourth-order valence-electron chi connectivity index (χ4n) is 5.13. The number of benzene rings is 2. The van der Waals surface area contributed by atoms with Crippen molar-refractivity contribution in [3.05, 3.63) is 58.6 Å². The lowest BCUT2D eigenvalue weighted by molar-refractivity contribution is -0.153. The van der Waals surface area contributed by atoms with Crippen LogP contribution in [0.3, 0.4) is 0 Å². The van der Waals surface area contributed by atoms with E-state index >= 15 is 0 Å². The average molecular weight is 540 g/mol. The molecular formula is C30H38ClN3O4. The van der Waals surface area contributed by atoms with E-state index in [-0.39, 0.29) is 0 Å². The van der Waals surface area contributed by atoms with Gasteiger partial charge in [-0.05, 0) is 81.3 Å². The molecule has 1 saturated heterocycles. The first-order chi connectivity index (χ1) is 18.3. The molecule has 3 aromatic rings. The van der Waals surface area contributed by atoms with Crippen molar-refractivity contribution in [2.45, 2.75) is 59.4 Å². The quantitative estimate of drug-likeness (QED) is 0.255. The Kier molecular flexibility index (Phi) is 9.58. The number of carboxylic acid groups (broad SMARTS) is 1. The zero-order valence-corrected chi connectivity index (χ0v) is 23.3. The molecule has 0 bridgehead atoms. The fourth-order valence-corrected chi connectivity index (χ4v) is 5.39. The summed E-state index contributed by atoms with van der Waals surface area (Å²) >= 11 is 6.48. The topological polar surface area (TPSA) is 88.7 Å². The molecule has 8 heteroatoms. The molecule has 0 atom stereocenters. The minimum Gasteiger partial charge on any atom is -0.481 e. The number of piperidine rings is 1. The standard InChI is InChI=1S/C30H38ClN3O4/c1-4-37-17-5-12-30(29(35)36)13-15-34(16-14-30)20-22-6-8-23(9-7-22)27-32-28(38-33-27)25-11-10-24(18-21(2)3)26(31)19-25/h6-11,19,21H,4-5,12-18,20H2,1-3H3,(H,35,36). The van der Waals surface area contributed by atoms with E-state index in [2.05, 4.69) is 41.0 Å². The van der Waals surface area contributed by atoms with Gasteiger partial charge in [-0.2, -0.15) is 4.98 Å². The lowest BCUT2D eigenvalue weighted by Gasteiger charge is -2.39. The number of rotatable bonds is 12. The van der Waals surface area contributed by atoms with Gasteiger partial charge in [0.05, 0.1) is 5.41 Å². The van der Waals surface area contributed by atoms with Crippen molar-refractivity contribution in [1.82, 2.24) is 15.0 Å². The highest BCUT2D eigenvalue weighted by Crippen LogP contribution is 2.37. The SMILES string of the molecule is CCOCCCC1(C(=O)O)CCN(Cc2ccc(-c3noc(-c4ccc(CC(C)C)c(Cl)c4)n3)cc2)CC1. The van der Waals surface area contributed by atoms with Crippen molar-refractivity contribution in [3.8, 4) is 22.8 Å². The summed E-state index contributed by atoms with van der Waals surface area (Å²) in [6.07, 6.45) is 3.72. The van der Waals surface area contributed by atoms with E-state index in [4.69, 9.17) is 20.9 Å². The minimum atomic E-state index is -0.675. The summed E-state index contributed by atoms with van der Waals surface area (Å²) in [6.45, 7) is 9.93. The van der Waals surface area contributed by atoms with E-state index in [1.54, 1.807) is 0 Å². The van der Waals surface area contributed by atoms with E-state index in [0.29, 0.717) is 55.1 Å². The molecule has 1 N–H and O–H groups in total. The number of likely N-dealkylation sites (tertiary alicyclic amines) is 1. The van der Waals surface area contributed by atoms with Crippen molar-refractivity contribution < 1.29 is 19.2 Å². The van der Waals surface area contributed by atoms with Gasteiger partial charge < -0.3 is 14.4 Å². The number of carbonyl (C=O) groups is 1. The van der Waals surface area contributed by atoms with Crippen molar-refractivity contribution >= 4 is 17.6 Å². The molecule has 38 heavy (non-hydrogen) atoms. The third-order valence-electron chi connectivity index (χ3n) is 7.39. The van der Waals surface area contributed by atoms with E-state index in [1.807, 2.05) is 37.3 Å². The first-order valence-corrected chi connectivity index (χ1v) is 13.9. The first kappa shape index (κ1) is 28.3. The molecule has 0 aliphatic carbocycles. The van der Waals surface area contributed by atoms with Crippen LogP contribution in [0.25, 0.3) is 22.8 Å². The summed E-state index contributed by atoms with van der Waals surface area (Å²) in [6, 6.07) is 14.0. The van der Waals surface area contributed by atoms with Crippen molar-refractivity contribution in [2.24, 2.45) is 11.3 Å². The second-order valence-corrected chi connectivity index (χ2v) is 11.1. The van der Waals surface area contributed by atoms with Crippen LogP contribution in [0.4, 0.5) is 0 Å². The molecule has 1 fully saturated rings. The monoisotopic (exact) mass is 539 g/mol. The van der Waals surface area contributed by atoms with Crippen LogP contribution < -0.4 is 0 Å². The van der Waals surface area contributed by atoms with Gasteiger partial charge in [-0.3, -0.25) is 9.69 Å². The second-order valence-electron chi connectivity index (χ2n) is 10.7. The van der Waals surface area contributed by atoms with Gasteiger partial charge in [0.1, 0.15) is 0 Å². The lowest BCUT2D eigenvalue weighted by atomic mass is 9.75. The Morgan fingerprint density at radius 1 is 1.16 bits per heavy atom. The molecule has 2 heterocycles. The Bertz CT molecular complexity index is 1200. The zero-order valence-electron chi connectivity index (χ0n) is 22.6. The summed E-state index contributed by atoms with van der Waals surface area (Å²) < 4.78 is 10.9. The molecule has 1 aromatic heterocycles. The predicted molar refractivity (Wildman–Crippen MR) is 149 cm³/mol. The number of nitrogens with zero attached hydrogens (tertiary/aromatic N) is 3. The van der Waals surface area contributed by atoms with Gasteiger partial charge in [-0.1, -0.05) is 60.9 Å². The number of halogens is 1. The predicted octanol–water partition coefficient (Wildman–Crippen LogP) is 6.74. The van der Waals surface area contributed by atoms with Crippen molar-refractivity contribution in [1.29, 1.82) is 0 Å². The number of ether oxygens (including phenoxy) is 1. The van der Waals surface area contributed by atoms with Gasteiger partial charge in [-0.15, -0.1) is 0 Å². The maximum atomic E-state index is 12.1. The number of carboxylic acids is 1. The normalized spacial score (nSPS) is 15.7. The summed E-state index contributed by atoms with van der Waals surface area (Å²) in [4.78, 5) is 19.0.